The molecule has 2 unspecified atom stereocenters. The highest BCUT2D eigenvalue weighted by molar-refractivity contribution is 7.90. The van der Waals surface area contributed by atoms with Crippen LogP contribution < -0.4 is 10.6 Å². The number of carbonyl (C=O) groups is 3. The van der Waals surface area contributed by atoms with Gasteiger partial charge in [-0.1, -0.05) is 49.4 Å². The molecular formula is C31H39ClN4O5S. The van der Waals surface area contributed by atoms with Gasteiger partial charge in [0.25, 0.3) is 5.91 Å². The molecule has 0 aromatic heterocycles. The molecular weight excluding hydrogens is 576 g/mol. The van der Waals surface area contributed by atoms with Crippen LogP contribution in [0.5, 0.6) is 0 Å². The quantitative estimate of drug-likeness (QED) is 0.462. The Morgan fingerprint density at radius 3 is 2.33 bits per heavy atom. The van der Waals surface area contributed by atoms with E-state index < -0.39 is 21.4 Å². The van der Waals surface area contributed by atoms with Gasteiger partial charge in [0.2, 0.25) is 5.91 Å². The zero-order chi connectivity index (χ0) is 29.0. The summed E-state index contributed by atoms with van der Waals surface area (Å²) in [4.78, 5) is 43.5. The van der Waals surface area contributed by atoms with Crippen LogP contribution in [0.15, 0.2) is 59.5 Å². The number of halogens is 1. The van der Waals surface area contributed by atoms with E-state index in [9.17, 15) is 22.8 Å². The molecule has 4 amide bonds. The Morgan fingerprint density at radius 1 is 1.00 bits per heavy atom. The second-order valence-corrected chi connectivity index (χ2v) is 14.7. The van der Waals surface area contributed by atoms with Gasteiger partial charge in [0.05, 0.1) is 11.4 Å². The van der Waals surface area contributed by atoms with Gasteiger partial charge in [-0.05, 0) is 67.8 Å². The predicted octanol–water partition coefficient (Wildman–Crippen LogP) is 3.49. The fourth-order valence-electron chi connectivity index (χ4n) is 6.91. The molecule has 2 aromatic carbocycles. The largest absolute Gasteiger partial charge is 0.341 e. The van der Waals surface area contributed by atoms with Crippen LogP contribution in [0.2, 0.25) is 0 Å². The fraction of sp³-hybridized carbons (Fsp3) is 0.516. The maximum absolute atomic E-state index is 13.7. The van der Waals surface area contributed by atoms with Crippen LogP contribution >= 0.6 is 12.4 Å². The Labute approximate surface area is 253 Å². The summed E-state index contributed by atoms with van der Waals surface area (Å²) >= 11 is 0. The standard InChI is InChI=1S/C31H38N4O5S.ClH/c1-30(12-13-30)27(36)34-19-23(26(20-34)22-6-4-3-5-7-22)16-24-17-31(14-15-32-24)28(37)35(29(38)33-31)18-21-8-10-25(11-9-21)41(2,39)40;/h3-11,23-24,26,32H,12-20H2,1-2H3,(H,33,38);1H/t23-,24?,26-,31?;/m1./s1. The van der Waals surface area contributed by atoms with E-state index in [1.807, 2.05) is 23.1 Å². The van der Waals surface area contributed by atoms with Gasteiger partial charge in [-0.3, -0.25) is 14.5 Å². The van der Waals surface area contributed by atoms with E-state index in [0.29, 0.717) is 38.0 Å². The van der Waals surface area contributed by atoms with Crippen molar-refractivity contribution in [2.75, 3.05) is 25.9 Å². The molecule has 1 spiro atoms. The molecule has 0 radical (unpaired) electrons. The lowest BCUT2D eigenvalue weighted by Gasteiger charge is -2.38. The van der Waals surface area contributed by atoms with Gasteiger partial charge in [-0.2, -0.15) is 0 Å². The van der Waals surface area contributed by atoms with E-state index in [1.54, 1.807) is 12.1 Å². The van der Waals surface area contributed by atoms with Crippen LogP contribution in [0, 0.1) is 11.3 Å². The van der Waals surface area contributed by atoms with E-state index in [4.69, 9.17) is 0 Å². The lowest BCUT2D eigenvalue weighted by molar-refractivity contribution is -0.135. The van der Waals surface area contributed by atoms with E-state index in [0.717, 1.165) is 25.5 Å². The number of amides is 4. The first-order chi connectivity index (χ1) is 19.5. The van der Waals surface area contributed by atoms with E-state index in [2.05, 4.69) is 29.7 Å². The first kappa shape index (κ1) is 30.5. The molecule has 42 heavy (non-hydrogen) atoms. The molecule has 226 valence electrons. The van der Waals surface area contributed by atoms with Crippen LogP contribution in [0.3, 0.4) is 0 Å². The Morgan fingerprint density at radius 2 is 1.69 bits per heavy atom. The Balaban J connectivity index is 0.00000353. The summed E-state index contributed by atoms with van der Waals surface area (Å²) in [5, 5.41) is 6.61. The number of imide groups is 1. The second kappa shape index (κ2) is 11.3. The van der Waals surface area contributed by atoms with Crippen molar-refractivity contribution in [2.24, 2.45) is 11.3 Å². The minimum Gasteiger partial charge on any atom is -0.341 e. The van der Waals surface area contributed by atoms with Crippen LogP contribution in [-0.4, -0.2) is 73.5 Å². The number of benzene rings is 2. The Bertz CT molecular complexity index is 1460. The summed E-state index contributed by atoms with van der Waals surface area (Å²) in [5.74, 6) is 0.494. The number of rotatable bonds is 7. The van der Waals surface area contributed by atoms with Gasteiger partial charge < -0.3 is 15.5 Å². The average Bonchev–Trinajstić information content (AvgIpc) is 3.50. The number of likely N-dealkylation sites (tertiary alicyclic amines) is 1. The van der Waals surface area contributed by atoms with Crippen LogP contribution in [0.25, 0.3) is 0 Å². The van der Waals surface area contributed by atoms with Crippen molar-refractivity contribution >= 4 is 40.1 Å². The molecule has 0 bridgehead atoms. The maximum Gasteiger partial charge on any atom is 0.325 e. The molecule has 3 saturated heterocycles. The van der Waals surface area contributed by atoms with Crippen molar-refractivity contribution in [3.05, 3.63) is 65.7 Å². The van der Waals surface area contributed by atoms with Crippen molar-refractivity contribution in [1.29, 1.82) is 0 Å². The van der Waals surface area contributed by atoms with Crippen LogP contribution in [-0.2, 0) is 26.0 Å². The first-order valence-corrected chi connectivity index (χ1v) is 16.4. The molecule has 1 aliphatic carbocycles. The number of hydrogen-bond donors (Lipinski definition) is 2. The van der Waals surface area contributed by atoms with E-state index >= 15 is 0 Å². The van der Waals surface area contributed by atoms with Gasteiger partial charge in [-0.25, -0.2) is 13.2 Å². The number of urea groups is 1. The molecule has 3 aliphatic heterocycles. The summed E-state index contributed by atoms with van der Waals surface area (Å²) in [7, 11) is -3.33. The summed E-state index contributed by atoms with van der Waals surface area (Å²) < 4.78 is 23.6. The third-order valence-electron chi connectivity index (χ3n) is 9.58. The van der Waals surface area contributed by atoms with Gasteiger partial charge in [-0.15, -0.1) is 12.4 Å². The molecule has 4 aliphatic rings. The first-order valence-electron chi connectivity index (χ1n) is 14.5. The smallest absolute Gasteiger partial charge is 0.325 e. The average molecular weight is 615 g/mol. The van der Waals surface area contributed by atoms with Gasteiger partial charge >= 0.3 is 6.03 Å². The number of sulfone groups is 1. The third-order valence-corrected chi connectivity index (χ3v) is 10.7. The summed E-state index contributed by atoms with van der Waals surface area (Å²) in [6.07, 6.45) is 4.86. The molecule has 2 aromatic rings. The Kier molecular flexibility index (Phi) is 8.19. The van der Waals surface area contributed by atoms with Crippen LogP contribution in [0.1, 0.15) is 56.1 Å². The Hall–Kier alpha value is -2.95. The topological polar surface area (TPSA) is 116 Å². The maximum atomic E-state index is 13.7. The van der Waals surface area contributed by atoms with Crippen LogP contribution in [0.4, 0.5) is 4.79 Å². The monoisotopic (exact) mass is 614 g/mol. The van der Waals surface area contributed by atoms with Gasteiger partial charge in [0.15, 0.2) is 9.84 Å². The van der Waals surface area contributed by atoms with E-state index in [1.165, 1.54) is 22.6 Å². The SMILES string of the molecule is CC1(C(=O)N2C[C@@H](CC3CC4(CCN3)NC(=O)N(Cc3ccc(S(C)(=O)=O)cc3)C4=O)[C@@H](c3ccccc3)C2)CC1.Cl. The lowest BCUT2D eigenvalue weighted by atomic mass is 9.78. The predicted molar refractivity (Wildman–Crippen MR) is 161 cm³/mol. The number of piperidine rings is 1. The molecule has 4 fully saturated rings. The lowest BCUT2D eigenvalue weighted by Crippen LogP contribution is -2.57. The number of hydrogen-bond acceptors (Lipinski definition) is 6. The molecule has 2 N–H and O–H groups in total. The summed E-state index contributed by atoms with van der Waals surface area (Å²) in [6.45, 7) is 4.17. The number of nitrogens with zero attached hydrogens (tertiary/aromatic N) is 2. The highest BCUT2D eigenvalue weighted by atomic mass is 35.5. The molecule has 6 rings (SSSR count). The fourth-order valence-corrected chi connectivity index (χ4v) is 7.54. The van der Waals surface area contributed by atoms with Crippen molar-refractivity contribution in [3.63, 3.8) is 0 Å². The molecule has 11 heteroatoms. The third kappa shape index (κ3) is 5.81. The highest BCUT2D eigenvalue weighted by Crippen LogP contribution is 2.48. The zero-order valence-corrected chi connectivity index (χ0v) is 25.7. The second-order valence-electron chi connectivity index (χ2n) is 12.7. The minimum absolute atomic E-state index is 0. The van der Waals surface area contributed by atoms with Crippen molar-refractivity contribution < 1.29 is 22.8 Å². The normalized spacial score (nSPS) is 28.5. The summed E-state index contributed by atoms with van der Waals surface area (Å²) in [6, 6.07) is 16.3. The summed E-state index contributed by atoms with van der Waals surface area (Å²) in [5.41, 5.74) is 0.752. The molecule has 3 heterocycles. The highest BCUT2D eigenvalue weighted by Gasteiger charge is 2.54. The molecule has 9 nitrogen and oxygen atoms in total. The minimum atomic E-state index is -3.33. The molecule has 1 saturated carbocycles. The number of carbonyl (C=O) groups excluding carboxylic acids is 3. The van der Waals surface area contributed by atoms with Gasteiger partial charge in [0.1, 0.15) is 5.54 Å². The molecule has 4 atom stereocenters. The van der Waals surface area contributed by atoms with E-state index in [-0.39, 0.29) is 59.0 Å². The number of nitrogens with one attached hydrogen (secondary N) is 2. The van der Waals surface area contributed by atoms with Gasteiger partial charge in [0, 0.05) is 36.7 Å². The van der Waals surface area contributed by atoms with Crippen molar-refractivity contribution in [1.82, 2.24) is 20.4 Å². The van der Waals surface area contributed by atoms with Crippen molar-refractivity contribution in [2.45, 2.75) is 68.0 Å². The van der Waals surface area contributed by atoms with Crippen molar-refractivity contribution in [3.8, 4) is 0 Å². The zero-order valence-electron chi connectivity index (χ0n) is 24.0.